The number of anilines is 2. The first kappa shape index (κ1) is 24.6. The van der Waals surface area contributed by atoms with Crippen LogP contribution in [0.15, 0.2) is 87.5 Å². The van der Waals surface area contributed by atoms with Gasteiger partial charge in [-0.05, 0) is 42.5 Å². The number of aromatic nitrogens is 1. The molecule has 8 nitrogen and oxygen atoms in total. The third kappa shape index (κ3) is 6.75. The quantitative estimate of drug-likeness (QED) is 0.143. The number of thioether (sulfide) groups is 1. The summed E-state index contributed by atoms with van der Waals surface area (Å²) in [5.41, 5.74) is 2.53. The molecule has 0 radical (unpaired) electrons. The van der Waals surface area contributed by atoms with Gasteiger partial charge in [0.05, 0.1) is 16.4 Å². The fraction of sp³-hybridized carbons (Fsp3) is 0.0417. The summed E-state index contributed by atoms with van der Waals surface area (Å²) in [6.07, 6.45) is 0. The molecule has 0 aliphatic heterocycles. The number of nitrogens with one attached hydrogen (secondary N) is 2. The molecular weight excluding hydrogens is 552 g/mol. The van der Waals surface area contributed by atoms with Crippen molar-refractivity contribution < 1.29 is 14.5 Å². The van der Waals surface area contributed by atoms with Crippen molar-refractivity contribution in [3.63, 3.8) is 0 Å². The highest BCUT2D eigenvalue weighted by atomic mass is 79.9. The molecule has 4 rings (SSSR count). The van der Waals surface area contributed by atoms with Gasteiger partial charge in [0.1, 0.15) is 0 Å². The fourth-order valence-corrected chi connectivity index (χ4v) is 4.75. The van der Waals surface area contributed by atoms with Crippen molar-refractivity contribution >= 4 is 67.3 Å². The average Bonchev–Trinajstić information content (AvgIpc) is 3.32. The second-order valence-electron chi connectivity index (χ2n) is 7.17. The zero-order valence-electron chi connectivity index (χ0n) is 17.9. The van der Waals surface area contributed by atoms with E-state index in [-0.39, 0.29) is 23.3 Å². The minimum atomic E-state index is -0.519. The zero-order valence-corrected chi connectivity index (χ0v) is 21.2. The van der Waals surface area contributed by atoms with Crippen LogP contribution in [-0.2, 0) is 4.79 Å². The Balaban J connectivity index is 1.31. The van der Waals surface area contributed by atoms with Gasteiger partial charge in [-0.2, -0.15) is 0 Å². The van der Waals surface area contributed by atoms with E-state index in [2.05, 4.69) is 31.5 Å². The Morgan fingerprint density at radius 1 is 1.03 bits per heavy atom. The largest absolute Gasteiger partial charge is 0.322 e. The molecule has 0 atom stereocenters. The summed E-state index contributed by atoms with van der Waals surface area (Å²) in [7, 11) is 0. The Hall–Kier alpha value is -3.54. The average molecular weight is 569 g/mol. The molecule has 0 fully saturated rings. The summed E-state index contributed by atoms with van der Waals surface area (Å²) >= 11 is 6.09. The maximum atomic E-state index is 12.4. The van der Waals surface area contributed by atoms with E-state index in [1.807, 2.05) is 35.7 Å². The second-order valence-corrected chi connectivity index (χ2v) is 9.99. The first-order valence-corrected chi connectivity index (χ1v) is 12.8. The molecule has 1 aromatic heterocycles. The van der Waals surface area contributed by atoms with Crippen LogP contribution in [0.3, 0.4) is 0 Å². The summed E-state index contributed by atoms with van der Waals surface area (Å²) in [6, 6.07) is 20.2. The number of carbonyl (C=O) groups excluding carboxylic acids is 2. The number of nitrogens with zero attached hydrogens (tertiary/aromatic N) is 2. The molecule has 0 bridgehead atoms. The number of benzene rings is 3. The Labute approximate surface area is 217 Å². The molecule has 3 aromatic carbocycles. The van der Waals surface area contributed by atoms with Crippen LogP contribution in [0.5, 0.6) is 0 Å². The van der Waals surface area contributed by atoms with Crippen LogP contribution in [0, 0.1) is 10.1 Å². The summed E-state index contributed by atoms with van der Waals surface area (Å²) in [5, 5.41) is 18.8. The molecule has 0 unspecified atom stereocenters. The van der Waals surface area contributed by atoms with E-state index in [0.717, 1.165) is 20.6 Å². The Bertz CT molecular complexity index is 1380. The van der Waals surface area contributed by atoms with Crippen LogP contribution >= 0.6 is 39.0 Å². The van der Waals surface area contributed by atoms with Crippen LogP contribution in [0.4, 0.5) is 16.5 Å². The van der Waals surface area contributed by atoms with E-state index in [0.29, 0.717) is 16.4 Å². The highest BCUT2D eigenvalue weighted by Crippen LogP contribution is 2.27. The molecule has 1 heterocycles. The molecule has 11 heteroatoms. The summed E-state index contributed by atoms with van der Waals surface area (Å²) in [5.74, 6) is -0.399. The van der Waals surface area contributed by atoms with Gasteiger partial charge in [-0.3, -0.25) is 19.7 Å². The van der Waals surface area contributed by atoms with Crippen molar-refractivity contribution in [3.8, 4) is 11.3 Å². The summed E-state index contributed by atoms with van der Waals surface area (Å²) in [6.45, 7) is 0. The van der Waals surface area contributed by atoms with E-state index in [9.17, 15) is 19.7 Å². The minimum absolute atomic E-state index is 0.0829. The Morgan fingerprint density at radius 3 is 2.49 bits per heavy atom. The molecule has 176 valence electrons. The lowest BCUT2D eigenvalue weighted by Gasteiger charge is -2.07. The predicted molar refractivity (Wildman–Crippen MR) is 142 cm³/mol. The van der Waals surface area contributed by atoms with Crippen molar-refractivity contribution in [1.82, 2.24) is 4.98 Å². The molecule has 2 N–H and O–H groups in total. The monoisotopic (exact) mass is 568 g/mol. The molecule has 0 saturated heterocycles. The number of non-ortho nitro benzene ring substituents is 1. The zero-order chi connectivity index (χ0) is 24.8. The topological polar surface area (TPSA) is 114 Å². The van der Waals surface area contributed by atoms with Crippen LogP contribution in [0.2, 0.25) is 0 Å². The maximum Gasteiger partial charge on any atom is 0.269 e. The smallest absolute Gasteiger partial charge is 0.269 e. The first-order valence-electron chi connectivity index (χ1n) is 10.2. The van der Waals surface area contributed by atoms with Crippen LogP contribution < -0.4 is 10.6 Å². The predicted octanol–water partition coefficient (Wildman–Crippen LogP) is 6.46. The van der Waals surface area contributed by atoms with Crippen molar-refractivity contribution in [2.24, 2.45) is 0 Å². The first-order chi connectivity index (χ1) is 16.9. The summed E-state index contributed by atoms with van der Waals surface area (Å²) < 4.78 is 0.983. The van der Waals surface area contributed by atoms with Gasteiger partial charge in [0.25, 0.3) is 11.6 Å². The van der Waals surface area contributed by atoms with E-state index in [4.69, 9.17) is 0 Å². The molecule has 0 aliphatic rings. The second kappa shape index (κ2) is 11.3. The van der Waals surface area contributed by atoms with Gasteiger partial charge in [0.15, 0.2) is 5.13 Å². The van der Waals surface area contributed by atoms with Crippen LogP contribution in [-0.4, -0.2) is 27.5 Å². The van der Waals surface area contributed by atoms with Gasteiger partial charge in [-0.15, -0.1) is 23.1 Å². The van der Waals surface area contributed by atoms with Gasteiger partial charge < -0.3 is 10.6 Å². The Kier molecular flexibility index (Phi) is 7.91. The molecular formula is C24H17BrN4O4S2. The van der Waals surface area contributed by atoms with Gasteiger partial charge in [-0.25, -0.2) is 4.98 Å². The van der Waals surface area contributed by atoms with Crippen molar-refractivity contribution in [3.05, 3.63) is 98.3 Å². The standard InChI is InChI=1S/C24H17BrN4O4S2/c25-17-8-4-15(5-9-17)21-13-35-24(27-21)28-22(30)14-34-20-3-1-2-18(12-20)26-23(31)16-6-10-19(11-7-16)29(32)33/h1-13H,14H2,(H,26,31)(H,27,28,30). The summed E-state index contributed by atoms with van der Waals surface area (Å²) in [4.78, 5) is 40.4. The van der Waals surface area contributed by atoms with E-state index in [1.54, 1.807) is 18.2 Å². The highest BCUT2D eigenvalue weighted by Gasteiger charge is 2.12. The normalized spacial score (nSPS) is 10.5. The molecule has 0 aliphatic carbocycles. The molecule has 35 heavy (non-hydrogen) atoms. The molecule has 2 amide bonds. The lowest BCUT2D eigenvalue weighted by atomic mass is 10.2. The van der Waals surface area contributed by atoms with Gasteiger partial charge in [0.2, 0.25) is 5.91 Å². The number of halogens is 1. The fourth-order valence-electron chi connectivity index (χ4n) is 2.99. The number of amides is 2. The van der Waals surface area contributed by atoms with Crippen molar-refractivity contribution in [2.75, 3.05) is 16.4 Å². The number of rotatable bonds is 8. The number of hydrogen-bond acceptors (Lipinski definition) is 7. The van der Waals surface area contributed by atoms with Crippen LogP contribution in [0.1, 0.15) is 10.4 Å². The Morgan fingerprint density at radius 2 is 1.77 bits per heavy atom. The van der Waals surface area contributed by atoms with Gasteiger partial charge in [0, 0.05) is 43.7 Å². The van der Waals surface area contributed by atoms with Gasteiger partial charge in [-0.1, -0.05) is 34.1 Å². The van der Waals surface area contributed by atoms with Crippen LogP contribution in [0.25, 0.3) is 11.3 Å². The minimum Gasteiger partial charge on any atom is -0.322 e. The van der Waals surface area contributed by atoms with Crippen molar-refractivity contribution in [2.45, 2.75) is 4.90 Å². The lowest BCUT2D eigenvalue weighted by molar-refractivity contribution is -0.384. The molecule has 4 aromatic rings. The highest BCUT2D eigenvalue weighted by molar-refractivity contribution is 9.10. The van der Waals surface area contributed by atoms with Gasteiger partial charge >= 0.3 is 0 Å². The number of hydrogen-bond donors (Lipinski definition) is 2. The third-order valence-electron chi connectivity index (χ3n) is 4.69. The molecule has 0 saturated carbocycles. The van der Waals surface area contributed by atoms with E-state index >= 15 is 0 Å². The van der Waals surface area contributed by atoms with E-state index < -0.39 is 4.92 Å². The lowest BCUT2D eigenvalue weighted by Crippen LogP contribution is -2.14. The third-order valence-corrected chi connectivity index (χ3v) is 6.97. The number of nitro groups is 1. The van der Waals surface area contributed by atoms with Crippen molar-refractivity contribution in [1.29, 1.82) is 0 Å². The number of thiazole rings is 1. The number of carbonyl (C=O) groups is 2. The van der Waals surface area contributed by atoms with E-state index in [1.165, 1.54) is 47.4 Å². The molecule has 0 spiro atoms. The number of nitro benzene ring substituents is 1. The maximum absolute atomic E-state index is 12.4. The SMILES string of the molecule is O=C(CSc1cccc(NC(=O)c2ccc([N+](=O)[O-])cc2)c1)Nc1nc(-c2ccc(Br)cc2)cs1.